The molecule has 0 saturated heterocycles. The lowest BCUT2D eigenvalue weighted by Gasteiger charge is -2.12. The van der Waals surface area contributed by atoms with Gasteiger partial charge in [-0.25, -0.2) is 9.67 Å². The molecule has 3 heterocycles. The van der Waals surface area contributed by atoms with Gasteiger partial charge in [0.05, 0.1) is 28.7 Å². The van der Waals surface area contributed by atoms with E-state index in [1.165, 1.54) is 0 Å². The molecule has 1 aliphatic rings. The van der Waals surface area contributed by atoms with Gasteiger partial charge in [-0.1, -0.05) is 42.0 Å². The predicted molar refractivity (Wildman–Crippen MR) is 110 cm³/mol. The highest BCUT2D eigenvalue weighted by atomic mass is 16.1. The van der Waals surface area contributed by atoms with E-state index in [0.29, 0.717) is 35.6 Å². The monoisotopic (exact) mass is 371 g/mol. The highest BCUT2D eigenvalue weighted by Crippen LogP contribution is 2.32. The molecular formula is C22H21N5O. The van der Waals surface area contributed by atoms with Crippen LogP contribution in [-0.4, -0.2) is 19.3 Å². The summed E-state index contributed by atoms with van der Waals surface area (Å²) in [6.07, 6.45) is 1.61. The smallest absolute Gasteiger partial charge is 0.261 e. The zero-order valence-electron chi connectivity index (χ0n) is 15.7. The van der Waals surface area contributed by atoms with Gasteiger partial charge in [0.1, 0.15) is 11.6 Å². The van der Waals surface area contributed by atoms with E-state index in [1.54, 1.807) is 4.57 Å². The SMILES string of the molecule is Cc1ccc2nc3n(c(=O)c2c1)CCCc1nn(Cc2ccccc2)c(N)c1-3. The van der Waals surface area contributed by atoms with Crippen molar-refractivity contribution in [3.8, 4) is 11.4 Å². The van der Waals surface area contributed by atoms with Crippen molar-refractivity contribution in [3.05, 3.63) is 75.7 Å². The number of rotatable bonds is 2. The van der Waals surface area contributed by atoms with E-state index in [1.807, 2.05) is 48.0 Å². The van der Waals surface area contributed by atoms with Gasteiger partial charge in [0.25, 0.3) is 5.56 Å². The van der Waals surface area contributed by atoms with Crippen LogP contribution in [0.2, 0.25) is 0 Å². The topological polar surface area (TPSA) is 78.7 Å². The van der Waals surface area contributed by atoms with E-state index >= 15 is 0 Å². The fourth-order valence-corrected chi connectivity index (χ4v) is 3.96. The van der Waals surface area contributed by atoms with Gasteiger partial charge < -0.3 is 5.73 Å². The van der Waals surface area contributed by atoms with Gasteiger partial charge >= 0.3 is 0 Å². The standard InChI is InChI=1S/C22H21N5O/c1-14-9-10-17-16(12-14)22(28)26-11-5-8-18-19(21(26)24-17)20(23)27(25-18)13-15-6-3-2-4-7-15/h2-4,6-7,9-10,12H,5,8,11,13,23H2,1H3. The number of aromatic nitrogens is 4. The van der Waals surface area contributed by atoms with Gasteiger partial charge in [0.15, 0.2) is 0 Å². The number of nitrogens with two attached hydrogens (primary N) is 1. The molecule has 0 amide bonds. The minimum Gasteiger partial charge on any atom is -0.383 e. The third kappa shape index (κ3) is 2.60. The summed E-state index contributed by atoms with van der Waals surface area (Å²) in [6.45, 7) is 3.20. The van der Waals surface area contributed by atoms with Crippen LogP contribution in [0.5, 0.6) is 0 Å². The lowest BCUT2D eigenvalue weighted by atomic mass is 10.1. The summed E-state index contributed by atoms with van der Waals surface area (Å²) in [5.74, 6) is 1.19. The minimum absolute atomic E-state index is 0.00763. The van der Waals surface area contributed by atoms with Crippen molar-refractivity contribution >= 4 is 16.7 Å². The largest absolute Gasteiger partial charge is 0.383 e. The molecule has 0 radical (unpaired) electrons. The van der Waals surface area contributed by atoms with Crippen molar-refractivity contribution in [3.63, 3.8) is 0 Å². The molecule has 0 fully saturated rings. The zero-order chi connectivity index (χ0) is 19.3. The summed E-state index contributed by atoms with van der Waals surface area (Å²) in [5.41, 5.74) is 11.1. The fourth-order valence-electron chi connectivity index (χ4n) is 3.96. The predicted octanol–water partition coefficient (Wildman–Crippen LogP) is 3.15. The first kappa shape index (κ1) is 16.7. The number of anilines is 1. The lowest BCUT2D eigenvalue weighted by Crippen LogP contribution is -2.23. The van der Waals surface area contributed by atoms with Gasteiger partial charge in [-0.15, -0.1) is 0 Å². The molecule has 28 heavy (non-hydrogen) atoms. The Morgan fingerprint density at radius 2 is 1.96 bits per heavy atom. The molecule has 2 aromatic heterocycles. The molecule has 1 aliphatic heterocycles. The number of nitrogen functional groups attached to an aromatic ring is 1. The first-order valence-corrected chi connectivity index (χ1v) is 9.52. The van der Waals surface area contributed by atoms with Crippen LogP contribution in [0.4, 0.5) is 5.82 Å². The van der Waals surface area contributed by atoms with E-state index in [9.17, 15) is 4.79 Å². The maximum atomic E-state index is 13.2. The molecule has 6 nitrogen and oxygen atoms in total. The third-order valence-electron chi connectivity index (χ3n) is 5.37. The van der Waals surface area contributed by atoms with Crippen LogP contribution in [0.15, 0.2) is 53.3 Å². The summed E-state index contributed by atoms with van der Waals surface area (Å²) in [6, 6.07) is 15.9. The number of hydrogen-bond donors (Lipinski definition) is 1. The summed E-state index contributed by atoms with van der Waals surface area (Å²) in [7, 11) is 0. The second-order valence-electron chi connectivity index (χ2n) is 7.37. The number of hydrogen-bond acceptors (Lipinski definition) is 4. The van der Waals surface area contributed by atoms with E-state index in [0.717, 1.165) is 35.2 Å². The van der Waals surface area contributed by atoms with Gasteiger partial charge in [-0.2, -0.15) is 5.10 Å². The molecule has 5 rings (SSSR count). The second kappa shape index (κ2) is 6.34. The first-order chi connectivity index (χ1) is 13.6. The van der Waals surface area contributed by atoms with E-state index in [-0.39, 0.29) is 5.56 Å². The lowest BCUT2D eigenvalue weighted by molar-refractivity contribution is 0.617. The molecular weight excluding hydrogens is 350 g/mol. The summed E-state index contributed by atoms with van der Waals surface area (Å²) in [4.78, 5) is 18.0. The van der Waals surface area contributed by atoms with Crippen LogP contribution in [0.25, 0.3) is 22.3 Å². The maximum Gasteiger partial charge on any atom is 0.261 e. The summed E-state index contributed by atoms with van der Waals surface area (Å²) >= 11 is 0. The number of fused-ring (bicyclic) bond motifs is 4. The van der Waals surface area contributed by atoms with Crippen LogP contribution in [0.3, 0.4) is 0 Å². The first-order valence-electron chi connectivity index (χ1n) is 9.52. The molecule has 6 heteroatoms. The van der Waals surface area contributed by atoms with Crippen LogP contribution in [0.1, 0.15) is 23.2 Å². The molecule has 4 aromatic rings. The van der Waals surface area contributed by atoms with E-state index < -0.39 is 0 Å². The van der Waals surface area contributed by atoms with Crippen molar-refractivity contribution in [2.45, 2.75) is 32.9 Å². The van der Waals surface area contributed by atoms with Crippen LogP contribution in [-0.2, 0) is 19.5 Å². The van der Waals surface area contributed by atoms with Gasteiger partial charge in [0.2, 0.25) is 0 Å². The number of benzene rings is 2. The molecule has 2 N–H and O–H groups in total. The maximum absolute atomic E-state index is 13.2. The van der Waals surface area contributed by atoms with E-state index in [2.05, 4.69) is 12.1 Å². The van der Waals surface area contributed by atoms with Gasteiger partial charge in [0, 0.05) is 6.54 Å². The Morgan fingerprint density at radius 3 is 2.79 bits per heavy atom. The summed E-state index contributed by atoms with van der Waals surface area (Å²) < 4.78 is 3.58. The highest BCUT2D eigenvalue weighted by molar-refractivity contribution is 5.82. The van der Waals surface area contributed by atoms with Crippen molar-refractivity contribution < 1.29 is 0 Å². The number of nitrogens with zero attached hydrogens (tertiary/aromatic N) is 4. The molecule has 0 atom stereocenters. The van der Waals surface area contributed by atoms with Gasteiger partial charge in [-0.05, 0) is 37.5 Å². The van der Waals surface area contributed by atoms with Crippen molar-refractivity contribution in [1.82, 2.24) is 19.3 Å². The molecule has 0 unspecified atom stereocenters. The minimum atomic E-state index is -0.00763. The average molecular weight is 371 g/mol. The molecule has 0 bridgehead atoms. The highest BCUT2D eigenvalue weighted by Gasteiger charge is 2.25. The Hall–Kier alpha value is -3.41. The van der Waals surface area contributed by atoms with E-state index in [4.69, 9.17) is 15.8 Å². The Balaban J connectivity index is 1.71. The van der Waals surface area contributed by atoms with Crippen molar-refractivity contribution in [2.75, 3.05) is 5.73 Å². The molecule has 140 valence electrons. The Morgan fingerprint density at radius 1 is 1.14 bits per heavy atom. The molecule has 0 spiro atoms. The van der Waals surface area contributed by atoms with Crippen LogP contribution < -0.4 is 11.3 Å². The van der Waals surface area contributed by atoms with Crippen LogP contribution >= 0.6 is 0 Å². The second-order valence-corrected chi connectivity index (χ2v) is 7.37. The Bertz CT molecular complexity index is 1250. The quantitative estimate of drug-likeness (QED) is 0.587. The Labute approximate surface area is 162 Å². The number of aryl methyl sites for hydroxylation is 2. The molecule has 0 saturated carbocycles. The van der Waals surface area contributed by atoms with Crippen molar-refractivity contribution in [1.29, 1.82) is 0 Å². The Kier molecular flexibility index (Phi) is 3.79. The van der Waals surface area contributed by atoms with Crippen LogP contribution in [0, 0.1) is 6.92 Å². The normalized spacial score (nSPS) is 13.2. The fraction of sp³-hybridized carbons (Fsp3) is 0.227. The molecule has 0 aliphatic carbocycles. The third-order valence-corrected chi connectivity index (χ3v) is 5.37. The average Bonchev–Trinajstić information content (AvgIpc) is 2.88. The molecule has 2 aromatic carbocycles. The van der Waals surface area contributed by atoms with Crippen molar-refractivity contribution in [2.24, 2.45) is 0 Å². The zero-order valence-corrected chi connectivity index (χ0v) is 15.7. The van der Waals surface area contributed by atoms with Gasteiger partial charge in [-0.3, -0.25) is 9.36 Å². The summed E-state index contributed by atoms with van der Waals surface area (Å²) in [5, 5.41) is 5.42.